The van der Waals surface area contributed by atoms with Crippen molar-refractivity contribution >= 4 is 11.6 Å². The molecule has 2 N–H and O–H groups in total. The second kappa shape index (κ2) is 4.91. The highest BCUT2D eigenvalue weighted by Crippen LogP contribution is 2.48. The smallest absolute Gasteiger partial charge is 0.369 e. The molecule has 0 saturated carbocycles. The monoisotopic (exact) mass is 299 g/mol. The minimum atomic E-state index is -4.35. The molecule has 2 aliphatic rings. The fourth-order valence-electron chi connectivity index (χ4n) is 3.16. The molecule has 0 fully saturated rings. The molecule has 1 amide bonds. The Hall–Kier alpha value is -1.76. The average Bonchev–Trinajstić information content (AvgIpc) is 2.70. The average molecular weight is 299 g/mol. The van der Waals surface area contributed by atoms with Crippen molar-refractivity contribution < 1.29 is 18.0 Å². The van der Waals surface area contributed by atoms with Gasteiger partial charge in [0.2, 0.25) is 0 Å². The van der Waals surface area contributed by atoms with Gasteiger partial charge in [-0.3, -0.25) is 4.79 Å². The number of hydrogen-bond donors (Lipinski definition) is 2. The molecule has 114 valence electrons. The molecule has 0 radical (unpaired) electrons. The first-order chi connectivity index (χ1) is 9.93. The number of anilines is 1. The van der Waals surface area contributed by atoms with E-state index < -0.39 is 18.0 Å². The zero-order valence-electron chi connectivity index (χ0n) is 11.5. The summed E-state index contributed by atoms with van der Waals surface area (Å²) >= 11 is 0. The van der Waals surface area contributed by atoms with Crippen LogP contribution in [0.3, 0.4) is 0 Å². The van der Waals surface area contributed by atoms with E-state index in [1.54, 1.807) is 11.0 Å². The first-order valence-electron chi connectivity index (χ1n) is 6.83. The molecule has 0 spiro atoms. The molecule has 0 bridgehead atoms. The van der Waals surface area contributed by atoms with Crippen LogP contribution < -0.4 is 15.5 Å². The molecular weight excluding hydrogens is 283 g/mol. The normalized spacial score (nSPS) is 21.0. The Bertz CT molecular complexity index is 586. The third-order valence-corrected chi connectivity index (χ3v) is 4.11. The number of amides is 1. The highest BCUT2D eigenvalue weighted by molar-refractivity contribution is 5.98. The summed E-state index contributed by atoms with van der Waals surface area (Å²) in [5.41, 5.74) is 1.66. The summed E-state index contributed by atoms with van der Waals surface area (Å²) in [6.07, 6.45) is -4.35. The number of carbonyl (C=O) groups is 1. The molecule has 7 heteroatoms. The van der Waals surface area contributed by atoms with E-state index in [4.69, 9.17) is 0 Å². The van der Waals surface area contributed by atoms with E-state index in [0.717, 1.165) is 5.56 Å². The molecule has 1 aromatic rings. The van der Waals surface area contributed by atoms with Gasteiger partial charge in [0, 0.05) is 50.0 Å². The van der Waals surface area contributed by atoms with Crippen molar-refractivity contribution in [2.45, 2.75) is 18.6 Å². The first-order valence-corrected chi connectivity index (χ1v) is 6.83. The Kier molecular flexibility index (Phi) is 3.32. The van der Waals surface area contributed by atoms with Crippen LogP contribution in [0.4, 0.5) is 18.9 Å². The van der Waals surface area contributed by atoms with Gasteiger partial charge < -0.3 is 15.5 Å². The number of benzene rings is 1. The standard InChI is InChI=1S/C14H16F3N3O/c1-18-13(21)9-3-2-8-6-19-4-5-20-7-10(14(15,16)17)11(9)12(8)20/h2-3,10,19H,4-7H2,1H3,(H,18,21). The number of rotatable bonds is 1. The molecule has 1 atom stereocenters. The van der Waals surface area contributed by atoms with Gasteiger partial charge in [-0.1, -0.05) is 6.07 Å². The summed E-state index contributed by atoms with van der Waals surface area (Å²) in [5.74, 6) is -2.07. The largest absolute Gasteiger partial charge is 0.397 e. The van der Waals surface area contributed by atoms with Crippen molar-refractivity contribution in [1.82, 2.24) is 10.6 Å². The topological polar surface area (TPSA) is 44.4 Å². The van der Waals surface area contributed by atoms with Crippen LogP contribution in [0.5, 0.6) is 0 Å². The van der Waals surface area contributed by atoms with Gasteiger partial charge in [-0.2, -0.15) is 13.2 Å². The highest BCUT2D eigenvalue weighted by atomic mass is 19.4. The summed E-state index contributed by atoms with van der Waals surface area (Å²) in [7, 11) is 1.43. The quantitative estimate of drug-likeness (QED) is 0.828. The minimum Gasteiger partial charge on any atom is -0.369 e. The fraction of sp³-hybridized carbons (Fsp3) is 0.500. The van der Waals surface area contributed by atoms with Gasteiger partial charge in [-0.25, -0.2) is 0 Å². The predicted octanol–water partition coefficient (Wildman–Crippen LogP) is 1.62. The van der Waals surface area contributed by atoms with Gasteiger partial charge >= 0.3 is 6.18 Å². The number of hydrogen-bond acceptors (Lipinski definition) is 3. The van der Waals surface area contributed by atoms with Crippen LogP contribution in [0.25, 0.3) is 0 Å². The van der Waals surface area contributed by atoms with Gasteiger partial charge in [0.15, 0.2) is 0 Å². The maximum absolute atomic E-state index is 13.4. The van der Waals surface area contributed by atoms with Crippen LogP contribution in [-0.4, -0.2) is 38.8 Å². The van der Waals surface area contributed by atoms with Gasteiger partial charge in [-0.15, -0.1) is 0 Å². The van der Waals surface area contributed by atoms with E-state index >= 15 is 0 Å². The SMILES string of the molecule is CNC(=O)c1ccc2c3c1C(C(F)(F)F)CN3CCNC2. The summed E-state index contributed by atoms with van der Waals surface area (Å²) in [5, 5.41) is 5.62. The van der Waals surface area contributed by atoms with Crippen LogP contribution in [0, 0.1) is 0 Å². The Morgan fingerprint density at radius 1 is 1.43 bits per heavy atom. The number of alkyl halides is 3. The van der Waals surface area contributed by atoms with Crippen LogP contribution in [0.15, 0.2) is 12.1 Å². The maximum Gasteiger partial charge on any atom is 0.397 e. The molecule has 0 saturated heterocycles. The lowest BCUT2D eigenvalue weighted by atomic mass is 9.92. The molecule has 3 rings (SSSR count). The van der Waals surface area contributed by atoms with Gasteiger partial charge in [0.05, 0.1) is 0 Å². The van der Waals surface area contributed by atoms with E-state index in [-0.39, 0.29) is 17.7 Å². The Balaban J connectivity index is 2.21. The molecular formula is C14H16F3N3O. The number of carbonyl (C=O) groups excluding carboxylic acids is 1. The van der Waals surface area contributed by atoms with Gasteiger partial charge in [0.25, 0.3) is 5.91 Å². The summed E-state index contributed by atoms with van der Waals surface area (Å²) in [6, 6.07) is 3.25. The first kappa shape index (κ1) is 14.2. The van der Waals surface area contributed by atoms with E-state index in [9.17, 15) is 18.0 Å². The van der Waals surface area contributed by atoms with Crippen LogP contribution >= 0.6 is 0 Å². The molecule has 1 unspecified atom stereocenters. The third-order valence-electron chi connectivity index (χ3n) is 4.11. The number of nitrogens with one attached hydrogen (secondary N) is 2. The summed E-state index contributed by atoms with van der Waals surface area (Å²) < 4.78 is 40.1. The van der Waals surface area contributed by atoms with Crippen molar-refractivity contribution in [2.75, 3.05) is 31.6 Å². The molecule has 4 nitrogen and oxygen atoms in total. The summed E-state index contributed by atoms with van der Waals surface area (Å²) in [6.45, 7) is 1.57. The highest BCUT2D eigenvalue weighted by Gasteiger charge is 2.49. The minimum absolute atomic E-state index is 0.110. The maximum atomic E-state index is 13.4. The third kappa shape index (κ3) is 2.25. The molecule has 21 heavy (non-hydrogen) atoms. The second-order valence-corrected chi connectivity index (χ2v) is 5.33. The Labute approximate surface area is 120 Å². The fourth-order valence-corrected chi connectivity index (χ4v) is 3.16. The number of nitrogens with zero attached hydrogens (tertiary/aromatic N) is 1. The lowest BCUT2D eigenvalue weighted by molar-refractivity contribution is -0.146. The number of halogens is 3. The van der Waals surface area contributed by atoms with Crippen molar-refractivity contribution in [1.29, 1.82) is 0 Å². The van der Waals surface area contributed by atoms with Crippen LogP contribution in [0.1, 0.15) is 27.4 Å². The molecule has 1 aromatic carbocycles. The van der Waals surface area contributed by atoms with Crippen LogP contribution in [-0.2, 0) is 6.54 Å². The molecule has 2 aliphatic heterocycles. The Morgan fingerprint density at radius 3 is 2.86 bits per heavy atom. The summed E-state index contributed by atoms with van der Waals surface area (Å²) in [4.78, 5) is 13.7. The zero-order chi connectivity index (χ0) is 15.2. The predicted molar refractivity (Wildman–Crippen MR) is 72.5 cm³/mol. The van der Waals surface area contributed by atoms with E-state index in [0.29, 0.717) is 25.3 Å². The lowest BCUT2D eigenvalue weighted by Crippen LogP contribution is -2.32. The van der Waals surface area contributed by atoms with E-state index in [1.807, 2.05) is 0 Å². The van der Waals surface area contributed by atoms with Gasteiger partial charge in [-0.05, 0) is 11.6 Å². The van der Waals surface area contributed by atoms with Crippen molar-refractivity contribution in [2.24, 2.45) is 0 Å². The van der Waals surface area contributed by atoms with Crippen LogP contribution in [0.2, 0.25) is 0 Å². The van der Waals surface area contributed by atoms with Crippen molar-refractivity contribution in [3.05, 3.63) is 28.8 Å². The molecule has 2 heterocycles. The molecule has 0 aliphatic carbocycles. The van der Waals surface area contributed by atoms with Crippen molar-refractivity contribution in [3.63, 3.8) is 0 Å². The lowest BCUT2D eigenvalue weighted by Gasteiger charge is -2.19. The van der Waals surface area contributed by atoms with Crippen molar-refractivity contribution in [3.8, 4) is 0 Å². The Morgan fingerprint density at radius 2 is 2.19 bits per heavy atom. The molecule has 0 aromatic heterocycles. The van der Waals surface area contributed by atoms with E-state index in [1.165, 1.54) is 13.1 Å². The van der Waals surface area contributed by atoms with E-state index in [2.05, 4.69) is 10.6 Å². The second-order valence-electron chi connectivity index (χ2n) is 5.33. The van der Waals surface area contributed by atoms with Gasteiger partial charge in [0.1, 0.15) is 5.92 Å². The zero-order valence-corrected chi connectivity index (χ0v) is 11.5.